The molecule has 0 radical (unpaired) electrons. The molecule has 3 N–H and O–H groups in total. The van der Waals surface area contributed by atoms with E-state index in [2.05, 4.69) is 15.4 Å². The van der Waals surface area contributed by atoms with Crippen LogP contribution in [0.2, 0.25) is 0 Å². The Morgan fingerprint density at radius 1 is 1.22 bits per heavy atom. The highest BCUT2D eigenvalue weighted by Gasteiger charge is 2.48. The molecule has 1 aliphatic rings. The number of carbonyl (C=O) groups excluding carboxylic acids is 1. The van der Waals surface area contributed by atoms with Gasteiger partial charge in [-0.3, -0.25) is 0 Å². The normalized spacial score (nSPS) is 17.0. The first-order chi connectivity index (χ1) is 10.6. The summed E-state index contributed by atoms with van der Waals surface area (Å²) in [6, 6.07) is 3.78. The molecule has 0 aliphatic heterocycles. The Labute approximate surface area is 129 Å². The molecule has 2 amide bonds. The smallest absolute Gasteiger partial charge is 0.480 e. The van der Waals surface area contributed by atoms with Crippen LogP contribution in [0.4, 0.5) is 23.7 Å². The average Bonchev–Trinajstić information content (AvgIpc) is 3.23. The summed E-state index contributed by atoms with van der Waals surface area (Å²) >= 11 is 0. The van der Waals surface area contributed by atoms with Crippen LogP contribution in [-0.2, 0) is 4.79 Å². The second kappa shape index (κ2) is 5.98. The number of carboxylic acids is 1. The molecule has 9 heteroatoms. The van der Waals surface area contributed by atoms with Gasteiger partial charge in [-0.15, -0.1) is 13.2 Å². The third-order valence-electron chi connectivity index (χ3n) is 3.56. The monoisotopic (exact) mass is 332 g/mol. The maximum absolute atomic E-state index is 12.0. The van der Waals surface area contributed by atoms with E-state index in [1.807, 2.05) is 0 Å². The van der Waals surface area contributed by atoms with Crippen molar-refractivity contribution in [3.63, 3.8) is 0 Å². The van der Waals surface area contributed by atoms with Crippen molar-refractivity contribution in [1.82, 2.24) is 5.32 Å². The van der Waals surface area contributed by atoms with Crippen LogP contribution in [0.15, 0.2) is 24.3 Å². The lowest BCUT2D eigenvalue weighted by atomic mass is 9.96. The summed E-state index contributed by atoms with van der Waals surface area (Å²) in [4.78, 5) is 23.2. The van der Waals surface area contributed by atoms with Crippen molar-refractivity contribution in [2.75, 3.05) is 5.32 Å². The van der Waals surface area contributed by atoms with E-state index in [1.54, 1.807) is 0 Å². The topological polar surface area (TPSA) is 87.7 Å². The van der Waals surface area contributed by atoms with Crippen LogP contribution in [0.1, 0.15) is 19.8 Å². The highest BCUT2D eigenvalue weighted by Crippen LogP contribution is 2.39. The third kappa shape index (κ3) is 4.51. The lowest BCUT2D eigenvalue weighted by molar-refractivity contribution is -0.274. The van der Waals surface area contributed by atoms with Gasteiger partial charge in [0, 0.05) is 5.69 Å². The summed E-state index contributed by atoms with van der Waals surface area (Å²) in [7, 11) is 0. The van der Waals surface area contributed by atoms with Crippen molar-refractivity contribution >= 4 is 17.7 Å². The Balaban J connectivity index is 1.96. The van der Waals surface area contributed by atoms with Crippen LogP contribution in [0.3, 0.4) is 0 Å². The van der Waals surface area contributed by atoms with E-state index in [4.69, 9.17) is 0 Å². The molecular formula is C14H15F3N2O4. The number of hydrogen-bond acceptors (Lipinski definition) is 3. The second-order valence-electron chi connectivity index (χ2n) is 5.43. The number of amides is 2. The number of nitrogens with one attached hydrogen (secondary N) is 2. The van der Waals surface area contributed by atoms with Gasteiger partial charge in [0.15, 0.2) is 0 Å². The van der Waals surface area contributed by atoms with Gasteiger partial charge >= 0.3 is 18.4 Å². The number of anilines is 1. The minimum Gasteiger partial charge on any atom is -0.480 e. The summed E-state index contributed by atoms with van der Waals surface area (Å²) in [5.41, 5.74) is -1.16. The Morgan fingerprint density at radius 2 is 1.78 bits per heavy atom. The summed E-state index contributed by atoms with van der Waals surface area (Å²) in [5.74, 6) is -1.69. The molecule has 0 saturated heterocycles. The first-order valence-corrected chi connectivity index (χ1v) is 6.78. The molecule has 0 aromatic heterocycles. The maximum atomic E-state index is 12.0. The number of urea groups is 1. The number of rotatable bonds is 5. The van der Waals surface area contributed by atoms with E-state index in [1.165, 1.54) is 19.1 Å². The van der Waals surface area contributed by atoms with E-state index < -0.39 is 29.7 Å². The van der Waals surface area contributed by atoms with Gasteiger partial charge < -0.3 is 20.5 Å². The summed E-state index contributed by atoms with van der Waals surface area (Å²) in [6.07, 6.45) is -3.36. The minimum absolute atomic E-state index is 0.131. The summed E-state index contributed by atoms with van der Waals surface area (Å²) in [6.45, 7) is 1.42. The van der Waals surface area contributed by atoms with Crippen LogP contribution in [0, 0.1) is 5.92 Å². The second-order valence-corrected chi connectivity index (χ2v) is 5.43. The molecule has 1 aromatic rings. The van der Waals surface area contributed by atoms with Gasteiger partial charge in [0.1, 0.15) is 11.3 Å². The van der Waals surface area contributed by atoms with E-state index in [9.17, 15) is 27.9 Å². The highest BCUT2D eigenvalue weighted by molar-refractivity contribution is 5.94. The molecular weight excluding hydrogens is 317 g/mol. The fourth-order valence-corrected chi connectivity index (χ4v) is 2.13. The predicted octanol–water partition coefficient (Wildman–Crippen LogP) is 2.96. The number of hydrogen-bond donors (Lipinski definition) is 3. The van der Waals surface area contributed by atoms with Crippen LogP contribution in [-0.4, -0.2) is 29.0 Å². The van der Waals surface area contributed by atoms with Gasteiger partial charge in [-0.05, 0) is 49.9 Å². The number of carboxylic acid groups (broad SMARTS) is 1. The predicted molar refractivity (Wildman–Crippen MR) is 74.0 cm³/mol. The van der Waals surface area contributed by atoms with Gasteiger partial charge in [0.25, 0.3) is 0 Å². The number of halogens is 3. The molecule has 2 rings (SSSR count). The molecule has 1 aromatic carbocycles. The van der Waals surface area contributed by atoms with Gasteiger partial charge in [-0.1, -0.05) is 0 Å². The van der Waals surface area contributed by atoms with Crippen molar-refractivity contribution in [1.29, 1.82) is 0 Å². The Hall–Kier alpha value is -2.45. The number of carbonyl (C=O) groups is 2. The van der Waals surface area contributed by atoms with Gasteiger partial charge in [0.05, 0.1) is 0 Å². The lowest BCUT2D eigenvalue weighted by Crippen LogP contribution is -2.55. The Bertz CT molecular complexity index is 599. The molecule has 1 saturated carbocycles. The molecule has 0 spiro atoms. The molecule has 1 aliphatic carbocycles. The van der Waals surface area contributed by atoms with Crippen molar-refractivity contribution in [2.24, 2.45) is 5.92 Å². The zero-order valence-electron chi connectivity index (χ0n) is 12.1. The first-order valence-electron chi connectivity index (χ1n) is 6.78. The molecule has 1 unspecified atom stereocenters. The zero-order valence-corrected chi connectivity index (χ0v) is 12.1. The first kappa shape index (κ1) is 16.9. The number of ether oxygens (including phenoxy) is 1. The fraction of sp³-hybridized carbons (Fsp3) is 0.429. The molecule has 0 bridgehead atoms. The molecule has 1 fully saturated rings. The molecule has 126 valence electrons. The van der Waals surface area contributed by atoms with Crippen LogP contribution >= 0.6 is 0 Å². The molecule has 23 heavy (non-hydrogen) atoms. The number of alkyl halides is 3. The third-order valence-corrected chi connectivity index (χ3v) is 3.56. The Morgan fingerprint density at radius 3 is 2.22 bits per heavy atom. The van der Waals surface area contributed by atoms with Crippen molar-refractivity contribution in [3.8, 4) is 5.75 Å². The quantitative estimate of drug-likeness (QED) is 0.773. The van der Waals surface area contributed by atoms with E-state index in [-0.39, 0.29) is 11.6 Å². The standard InChI is InChI=1S/C14H15F3N2O4/c1-13(11(20)21,8-2-3-8)19-12(22)18-9-4-6-10(7-5-9)23-14(15,16)17/h4-8H,2-3H2,1H3,(H,20,21)(H2,18,19,22). The fourth-order valence-electron chi connectivity index (χ4n) is 2.13. The van der Waals surface area contributed by atoms with E-state index in [0.717, 1.165) is 12.1 Å². The van der Waals surface area contributed by atoms with Gasteiger partial charge in [-0.2, -0.15) is 0 Å². The Kier molecular flexibility index (Phi) is 4.39. The summed E-state index contributed by atoms with van der Waals surface area (Å²) < 4.78 is 39.8. The van der Waals surface area contributed by atoms with E-state index in [0.29, 0.717) is 12.8 Å². The largest absolute Gasteiger partial charge is 0.573 e. The van der Waals surface area contributed by atoms with Crippen LogP contribution < -0.4 is 15.4 Å². The highest BCUT2D eigenvalue weighted by atomic mass is 19.4. The van der Waals surface area contributed by atoms with E-state index >= 15 is 0 Å². The maximum Gasteiger partial charge on any atom is 0.573 e. The summed E-state index contributed by atoms with van der Waals surface area (Å²) in [5, 5.41) is 14.0. The zero-order chi connectivity index (χ0) is 17.3. The minimum atomic E-state index is -4.79. The average molecular weight is 332 g/mol. The van der Waals surface area contributed by atoms with Crippen molar-refractivity contribution in [2.45, 2.75) is 31.7 Å². The molecule has 6 nitrogen and oxygen atoms in total. The van der Waals surface area contributed by atoms with Crippen molar-refractivity contribution < 1.29 is 32.6 Å². The number of benzene rings is 1. The van der Waals surface area contributed by atoms with Crippen LogP contribution in [0.25, 0.3) is 0 Å². The van der Waals surface area contributed by atoms with Crippen molar-refractivity contribution in [3.05, 3.63) is 24.3 Å². The lowest BCUT2D eigenvalue weighted by Gasteiger charge is -2.26. The van der Waals surface area contributed by atoms with Crippen LogP contribution in [0.5, 0.6) is 5.75 Å². The SMILES string of the molecule is CC(NC(=O)Nc1ccc(OC(F)(F)F)cc1)(C(=O)O)C1CC1. The number of aliphatic carboxylic acids is 1. The van der Waals surface area contributed by atoms with Gasteiger partial charge in [-0.25, -0.2) is 9.59 Å². The molecule has 1 atom stereocenters. The van der Waals surface area contributed by atoms with Gasteiger partial charge in [0.2, 0.25) is 0 Å². The molecule has 0 heterocycles.